The van der Waals surface area contributed by atoms with Gasteiger partial charge in [0, 0.05) is 0 Å². The van der Waals surface area contributed by atoms with E-state index < -0.39 is 12.7 Å². The van der Waals surface area contributed by atoms with E-state index in [2.05, 4.69) is 0 Å². The molecule has 126 valence electrons. The molecule has 0 fully saturated rings. The number of nitrogens with zero attached hydrogens (tertiary/aromatic N) is 2. The van der Waals surface area contributed by atoms with Gasteiger partial charge in [0.15, 0.2) is 0 Å². The Bertz CT molecular complexity index is 934. The van der Waals surface area contributed by atoms with Crippen LogP contribution in [0.25, 0.3) is 5.76 Å². The van der Waals surface area contributed by atoms with Gasteiger partial charge in [-0.25, -0.2) is 0 Å². The first-order chi connectivity index (χ1) is 12.1. The Morgan fingerprint density at radius 3 is 2.32 bits per heavy atom. The van der Waals surface area contributed by atoms with Gasteiger partial charge in [-0.1, -0.05) is 0 Å². The number of ketones is 1. The maximum atomic E-state index is 13.2. The maximum absolute atomic E-state index is 13.2. The Labute approximate surface area is 154 Å². The molecule has 0 spiro atoms. The molecule has 0 amide bonds. The zero-order chi connectivity index (χ0) is 17.4. The van der Waals surface area contributed by atoms with Gasteiger partial charge in [-0.05, 0) is 0 Å². The van der Waals surface area contributed by atoms with E-state index in [1.54, 1.807) is 10.2 Å². The van der Waals surface area contributed by atoms with Crippen LogP contribution in [0.2, 0.25) is 0 Å². The van der Waals surface area contributed by atoms with Crippen LogP contribution >= 0.6 is 10.2 Å². The third-order valence-electron chi connectivity index (χ3n) is 3.79. The predicted molar refractivity (Wildman–Crippen MR) is 105 cm³/mol. The molecule has 6 heteroatoms. The fourth-order valence-electron chi connectivity index (χ4n) is 2.55. The molecule has 2 heterocycles. The van der Waals surface area contributed by atoms with E-state index in [9.17, 15) is 4.79 Å². The summed E-state index contributed by atoms with van der Waals surface area (Å²) >= 11 is -1.67. The summed E-state index contributed by atoms with van der Waals surface area (Å²) in [4.78, 5) is 19.9. The Kier molecular flexibility index (Phi) is 4.34. The first-order valence-electron chi connectivity index (χ1n) is 7.79. The van der Waals surface area contributed by atoms with E-state index in [0.717, 1.165) is 15.3 Å². The van der Waals surface area contributed by atoms with Crippen molar-refractivity contribution in [1.29, 1.82) is 0 Å². The van der Waals surface area contributed by atoms with Gasteiger partial charge in [-0.2, -0.15) is 0 Å². The summed E-state index contributed by atoms with van der Waals surface area (Å²) in [6, 6.07) is 19.2. The molecule has 1 unspecified atom stereocenters. The molecule has 2 aromatic rings. The van der Waals surface area contributed by atoms with Gasteiger partial charge < -0.3 is 0 Å². The summed E-state index contributed by atoms with van der Waals surface area (Å²) in [6.07, 6.45) is 0. The van der Waals surface area contributed by atoms with Crippen LogP contribution in [0.15, 0.2) is 71.2 Å². The SMILES string of the molecule is CN(C)C1=NC2=[Se](OC(c3ccccc3)=C2C(=O)c2ccccc2)S1. The molecule has 0 radical (unpaired) electrons. The number of rotatable bonds is 3. The molecule has 25 heavy (non-hydrogen) atoms. The van der Waals surface area contributed by atoms with Crippen molar-refractivity contribution >= 4 is 44.1 Å². The molecule has 1 atom stereocenters. The van der Waals surface area contributed by atoms with Crippen molar-refractivity contribution in [2.75, 3.05) is 14.1 Å². The van der Waals surface area contributed by atoms with Gasteiger partial charge in [0.25, 0.3) is 0 Å². The zero-order valence-electron chi connectivity index (χ0n) is 13.8. The molecule has 0 aromatic heterocycles. The molecule has 2 aliphatic rings. The predicted octanol–water partition coefficient (Wildman–Crippen LogP) is 3.18. The average Bonchev–Trinajstić information content (AvgIpc) is 3.20. The molecular formula is C19H16N2O2SSe. The fourth-order valence-corrected chi connectivity index (χ4v) is 8.86. The molecule has 2 aromatic carbocycles. The van der Waals surface area contributed by atoms with E-state index in [1.807, 2.05) is 79.7 Å². The second kappa shape index (κ2) is 6.64. The standard InChI is InChI=1S/C19H16N2O2SSe/c1-21(2)19-20-18-15(16(22)13-9-5-3-6-10-13)17(23-25(18)24-19)14-11-7-4-8-12-14/h3-12H,1-2H3. The number of hydrogen-bond acceptors (Lipinski definition) is 5. The first-order valence-corrected chi connectivity index (χ1v) is 12.2. The van der Waals surface area contributed by atoms with Gasteiger partial charge in [0.2, 0.25) is 0 Å². The summed E-state index contributed by atoms with van der Waals surface area (Å²) in [5.74, 6) is 0.647. The zero-order valence-corrected chi connectivity index (χ0v) is 16.3. The van der Waals surface area contributed by atoms with Crippen molar-refractivity contribution in [2.24, 2.45) is 4.99 Å². The summed E-state index contributed by atoms with van der Waals surface area (Å²) in [5.41, 5.74) is 2.20. The molecule has 2 aliphatic heterocycles. The molecule has 0 aliphatic carbocycles. The van der Waals surface area contributed by atoms with E-state index >= 15 is 0 Å². The summed E-state index contributed by atoms with van der Waals surface area (Å²) in [7, 11) is 5.57. The third kappa shape index (κ3) is 2.97. The number of aliphatic imine (C=N–C) groups is 1. The number of benzene rings is 2. The van der Waals surface area contributed by atoms with Crippen LogP contribution in [-0.2, 0) is 3.82 Å². The van der Waals surface area contributed by atoms with Crippen molar-refractivity contribution < 1.29 is 8.61 Å². The molecule has 0 N–H and O–H groups in total. The van der Waals surface area contributed by atoms with Crippen molar-refractivity contribution in [3.05, 3.63) is 77.4 Å². The number of Topliss-reactive ketones (excluding diaryl/α,β-unsaturated/α-hetero) is 1. The first kappa shape index (κ1) is 16.3. The van der Waals surface area contributed by atoms with Gasteiger partial charge in [0.05, 0.1) is 0 Å². The quantitative estimate of drug-likeness (QED) is 0.571. The summed E-state index contributed by atoms with van der Waals surface area (Å²) in [5, 5.41) is 0.908. The normalized spacial score (nSPS) is 18.7. The topological polar surface area (TPSA) is 41.9 Å². The summed E-state index contributed by atoms with van der Waals surface area (Å²) in [6.45, 7) is 0. The van der Waals surface area contributed by atoms with Crippen molar-refractivity contribution in [3.8, 4) is 0 Å². The second-order valence-corrected chi connectivity index (χ2v) is 11.1. The fraction of sp³-hybridized carbons (Fsp3) is 0.105. The van der Waals surface area contributed by atoms with Crippen LogP contribution in [0.1, 0.15) is 15.9 Å². The number of carbonyl (C=O) groups is 1. The Balaban J connectivity index is 1.84. The van der Waals surface area contributed by atoms with Crippen molar-refractivity contribution in [3.63, 3.8) is 0 Å². The monoisotopic (exact) mass is 416 g/mol. The van der Waals surface area contributed by atoms with E-state index in [-0.39, 0.29) is 5.78 Å². The third-order valence-corrected chi connectivity index (χ3v) is 9.56. The van der Waals surface area contributed by atoms with Gasteiger partial charge in [0.1, 0.15) is 0 Å². The molecule has 4 nitrogen and oxygen atoms in total. The molecule has 0 saturated heterocycles. The van der Waals surface area contributed by atoms with Gasteiger partial charge in [-0.3, -0.25) is 0 Å². The molecule has 0 bridgehead atoms. The Hall–Kier alpha value is -2.14. The average molecular weight is 415 g/mol. The van der Waals surface area contributed by atoms with E-state index in [0.29, 0.717) is 16.9 Å². The minimum atomic E-state index is -1.67. The van der Waals surface area contributed by atoms with Gasteiger partial charge >= 0.3 is 154 Å². The van der Waals surface area contributed by atoms with Crippen LogP contribution in [0.5, 0.6) is 0 Å². The summed E-state index contributed by atoms with van der Waals surface area (Å²) < 4.78 is 7.11. The van der Waals surface area contributed by atoms with Crippen LogP contribution < -0.4 is 0 Å². The number of amidine groups is 1. The van der Waals surface area contributed by atoms with Crippen molar-refractivity contribution in [2.45, 2.75) is 0 Å². The Morgan fingerprint density at radius 2 is 1.68 bits per heavy atom. The van der Waals surface area contributed by atoms with Crippen LogP contribution in [0.4, 0.5) is 0 Å². The second-order valence-electron chi connectivity index (χ2n) is 5.76. The number of carbonyl (C=O) groups excluding carboxylic acids is 1. The minimum absolute atomic E-state index is 0.0231. The van der Waals surface area contributed by atoms with E-state index in [4.69, 9.17) is 8.81 Å². The van der Waals surface area contributed by atoms with Crippen molar-refractivity contribution in [1.82, 2.24) is 4.90 Å². The number of hydrogen-bond donors (Lipinski definition) is 0. The Morgan fingerprint density at radius 1 is 1.04 bits per heavy atom. The van der Waals surface area contributed by atoms with Crippen LogP contribution in [0.3, 0.4) is 0 Å². The molecule has 4 rings (SSSR count). The molecule has 0 saturated carbocycles. The van der Waals surface area contributed by atoms with E-state index in [1.165, 1.54) is 0 Å². The van der Waals surface area contributed by atoms with Crippen LogP contribution in [0, 0.1) is 0 Å². The van der Waals surface area contributed by atoms with Crippen LogP contribution in [-0.4, -0.2) is 47.2 Å². The molecular weight excluding hydrogens is 399 g/mol. The van der Waals surface area contributed by atoms with Gasteiger partial charge in [-0.15, -0.1) is 0 Å².